The van der Waals surface area contributed by atoms with Gasteiger partial charge in [-0.15, -0.1) is 0 Å². The van der Waals surface area contributed by atoms with Gasteiger partial charge in [-0.1, -0.05) is 11.6 Å². The lowest BCUT2D eigenvalue weighted by Crippen LogP contribution is -2.54. The fourth-order valence-electron chi connectivity index (χ4n) is 3.36. The van der Waals surface area contributed by atoms with Crippen molar-refractivity contribution in [2.75, 3.05) is 12.3 Å². The van der Waals surface area contributed by atoms with Gasteiger partial charge in [0.05, 0.1) is 21.6 Å². The van der Waals surface area contributed by atoms with Gasteiger partial charge in [0.2, 0.25) is 0 Å². The number of nitrogens with zero attached hydrogens (tertiary/aromatic N) is 1. The second kappa shape index (κ2) is 5.38. The van der Waals surface area contributed by atoms with Crippen molar-refractivity contribution in [3.05, 3.63) is 28.5 Å². The van der Waals surface area contributed by atoms with Crippen molar-refractivity contribution < 1.29 is 22.7 Å². The highest BCUT2D eigenvalue weighted by molar-refractivity contribution is 7.92. The van der Waals surface area contributed by atoms with Crippen LogP contribution in [-0.2, 0) is 9.84 Å². The van der Waals surface area contributed by atoms with Gasteiger partial charge in [0.25, 0.3) is 5.91 Å². The standard InChI is InChI=1S/C14H15ClFNO4S/c15-10-7-8(16)6-9(13(10)18)14(19)17-4-5-22(20,21)12-3-1-2-11(12)17/h6-7,11-12,18H,1-5H2. The maximum Gasteiger partial charge on any atom is 0.258 e. The lowest BCUT2D eigenvalue weighted by molar-refractivity contribution is 0.0683. The largest absolute Gasteiger partial charge is 0.506 e. The molecule has 2 atom stereocenters. The van der Waals surface area contributed by atoms with Crippen molar-refractivity contribution in [3.8, 4) is 5.75 Å². The monoisotopic (exact) mass is 347 g/mol. The van der Waals surface area contributed by atoms with E-state index in [1.807, 2.05) is 0 Å². The molecule has 3 rings (SSSR count). The smallest absolute Gasteiger partial charge is 0.258 e. The van der Waals surface area contributed by atoms with Crippen LogP contribution in [0.2, 0.25) is 5.02 Å². The molecule has 1 saturated heterocycles. The molecule has 1 heterocycles. The van der Waals surface area contributed by atoms with Crippen molar-refractivity contribution in [1.29, 1.82) is 0 Å². The summed E-state index contributed by atoms with van der Waals surface area (Å²) in [4.78, 5) is 14.1. The molecule has 22 heavy (non-hydrogen) atoms. The van der Waals surface area contributed by atoms with E-state index in [4.69, 9.17) is 11.6 Å². The summed E-state index contributed by atoms with van der Waals surface area (Å²) in [7, 11) is -3.19. The Morgan fingerprint density at radius 3 is 2.82 bits per heavy atom. The molecule has 8 heteroatoms. The van der Waals surface area contributed by atoms with Crippen LogP contribution < -0.4 is 0 Å². The summed E-state index contributed by atoms with van der Waals surface area (Å²) >= 11 is 5.70. The zero-order valence-electron chi connectivity index (χ0n) is 11.6. The first-order valence-electron chi connectivity index (χ1n) is 7.02. The van der Waals surface area contributed by atoms with E-state index in [1.165, 1.54) is 4.90 Å². The molecule has 0 spiro atoms. The lowest BCUT2D eigenvalue weighted by atomic mass is 10.1. The van der Waals surface area contributed by atoms with E-state index in [0.29, 0.717) is 12.8 Å². The molecule has 2 fully saturated rings. The molecule has 0 bridgehead atoms. The summed E-state index contributed by atoms with van der Waals surface area (Å²) in [6, 6.07) is 1.44. The minimum Gasteiger partial charge on any atom is -0.506 e. The van der Waals surface area contributed by atoms with Gasteiger partial charge < -0.3 is 10.0 Å². The zero-order valence-corrected chi connectivity index (χ0v) is 13.2. The summed E-state index contributed by atoms with van der Waals surface area (Å²) in [5.74, 6) is -1.88. The molecular weight excluding hydrogens is 333 g/mol. The predicted molar refractivity (Wildman–Crippen MR) is 79.3 cm³/mol. The molecule has 1 amide bonds. The molecule has 1 aromatic carbocycles. The van der Waals surface area contributed by atoms with E-state index >= 15 is 0 Å². The number of fused-ring (bicyclic) bond motifs is 1. The SMILES string of the molecule is O=C(c1cc(F)cc(Cl)c1O)N1CCS(=O)(=O)C2CCCC21. The van der Waals surface area contributed by atoms with Gasteiger partial charge >= 0.3 is 0 Å². The molecule has 1 saturated carbocycles. The first-order valence-corrected chi connectivity index (χ1v) is 9.11. The molecule has 1 aliphatic heterocycles. The highest BCUT2D eigenvalue weighted by atomic mass is 35.5. The van der Waals surface area contributed by atoms with Gasteiger partial charge in [-0.05, 0) is 31.4 Å². The van der Waals surface area contributed by atoms with E-state index < -0.39 is 38.6 Å². The van der Waals surface area contributed by atoms with Gasteiger partial charge in [0, 0.05) is 12.6 Å². The average molecular weight is 348 g/mol. The Morgan fingerprint density at radius 2 is 2.09 bits per heavy atom. The van der Waals surface area contributed by atoms with Gasteiger partial charge in [-0.25, -0.2) is 12.8 Å². The Bertz CT molecular complexity index is 737. The third kappa shape index (κ3) is 2.46. The number of benzene rings is 1. The zero-order chi connectivity index (χ0) is 16.1. The van der Waals surface area contributed by atoms with Crippen LogP contribution in [0.3, 0.4) is 0 Å². The number of halogens is 2. The van der Waals surface area contributed by atoms with Gasteiger partial charge in [0.15, 0.2) is 9.84 Å². The van der Waals surface area contributed by atoms with Crippen LogP contribution in [-0.4, -0.2) is 47.9 Å². The van der Waals surface area contributed by atoms with Gasteiger partial charge in [-0.2, -0.15) is 0 Å². The van der Waals surface area contributed by atoms with Crippen molar-refractivity contribution in [3.63, 3.8) is 0 Å². The number of aromatic hydroxyl groups is 1. The van der Waals surface area contributed by atoms with Gasteiger partial charge in [-0.3, -0.25) is 4.79 Å². The first kappa shape index (κ1) is 15.6. The third-order valence-electron chi connectivity index (χ3n) is 4.42. The summed E-state index contributed by atoms with van der Waals surface area (Å²) in [5.41, 5.74) is -0.227. The van der Waals surface area contributed by atoms with Crippen LogP contribution in [0.15, 0.2) is 12.1 Å². The molecule has 120 valence electrons. The normalized spacial score (nSPS) is 26.7. The van der Waals surface area contributed by atoms with Crippen molar-refractivity contribution in [2.45, 2.75) is 30.6 Å². The van der Waals surface area contributed by atoms with Crippen LogP contribution in [0.25, 0.3) is 0 Å². The lowest BCUT2D eigenvalue weighted by Gasteiger charge is -2.37. The molecule has 0 aromatic heterocycles. The Kier molecular flexibility index (Phi) is 3.81. The number of hydrogen-bond donors (Lipinski definition) is 1. The average Bonchev–Trinajstić information content (AvgIpc) is 2.93. The minimum atomic E-state index is -3.19. The Balaban J connectivity index is 1.96. The number of phenols is 1. The molecule has 0 radical (unpaired) electrons. The van der Waals surface area contributed by atoms with Crippen LogP contribution >= 0.6 is 11.6 Å². The number of hydrogen-bond acceptors (Lipinski definition) is 4. The number of amides is 1. The van der Waals surface area contributed by atoms with Crippen molar-refractivity contribution in [1.82, 2.24) is 4.90 Å². The number of carbonyl (C=O) groups is 1. The molecule has 1 aromatic rings. The summed E-state index contributed by atoms with van der Waals surface area (Å²) < 4.78 is 37.6. The topological polar surface area (TPSA) is 74.7 Å². The van der Waals surface area contributed by atoms with E-state index in [0.717, 1.165) is 18.6 Å². The highest BCUT2D eigenvalue weighted by Gasteiger charge is 2.46. The highest BCUT2D eigenvalue weighted by Crippen LogP contribution is 2.36. The number of phenolic OH excluding ortho intramolecular Hbond substituents is 1. The first-order chi connectivity index (χ1) is 10.3. The number of rotatable bonds is 1. The fraction of sp³-hybridized carbons (Fsp3) is 0.500. The summed E-state index contributed by atoms with van der Waals surface area (Å²) in [6.07, 6.45) is 1.86. The predicted octanol–water partition coefficient (Wildman–Crippen LogP) is 1.98. The second-order valence-electron chi connectivity index (χ2n) is 5.69. The summed E-state index contributed by atoms with van der Waals surface area (Å²) in [5, 5.41) is 9.10. The fourth-order valence-corrected chi connectivity index (χ4v) is 5.61. The molecule has 5 nitrogen and oxygen atoms in total. The minimum absolute atomic E-state index is 0.0515. The Morgan fingerprint density at radius 1 is 1.36 bits per heavy atom. The molecule has 1 N–H and O–H groups in total. The molecular formula is C14H15ClFNO4S. The van der Waals surface area contributed by atoms with Crippen LogP contribution in [0.4, 0.5) is 4.39 Å². The maximum absolute atomic E-state index is 13.5. The van der Waals surface area contributed by atoms with Crippen molar-refractivity contribution >= 4 is 27.3 Å². The van der Waals surface area contributed by atoms with Crippen LogP contribution in [0.1, 0.15) is 29.6 Å². The van der Waals surface area contributed by atoms with E-state index in [1.54, 1.807) is 0 Å². The summed E-state index contributed by atoms with van der Waals surface area (Å²) in [6.45, 7) is 0.0515. The molecule has 2 unspecified atom stereocenters. The van der Waals surface area contributed by atoms with E-state index in [2.05, 4.69) is 0 Å². The molecule has 2 aliphatic rings. The maximum atomic E-state index is 13.5. The van der Waals surface area contributed by atoms with Crippen LogP contribution in [0.5, 0.6) is 5.75 Å². The van der Waals surface area contributed by atoms with Crippen LogP contribution in [0, 0.1) is 5.82 Å². The number of sulfone groups is 1. The van der Waals surface area contributed by atoms with E-state index in [-0.39, 0.29) is 22.9 Å². The second-order valence-corrected chi connectivity index (χ2v) is 8.43. The number of carbonyl (C=O) groups excluding carboxylic acids is 1. The molecule has 1 aliphatic carbocycles. The van der Waals surface area contributed by atoms with Gasteiger partial charge in [0.1, 0.15) is 11.6 Å². The van der Waals surface area contributed by atoms with E-state index in [9.17, 15) is 22.7 Å². The van der Waals surface area contributed by atoms with Crippen molar-refractivity contribution in [2.24, 2.45) is 0 Å². The third-order valence-corrected chi connectivity index (χ3v) is 6.93. The quantitative estimate of drug-likeness (QED) is 0.843. The Hall–Kier alpha value is -1.34. The Labute approximate surface area is 132 Å².